The molecule has 0 atom stereocenters. The zero-order valence-corrected chi connectivity index (χ0v) is 13.0. The summed E-state index contributed by atoms with van der Waals surface area (Å²) in [7, 11) is 0. The predicted molar refractivity (Wildman–Crippen MR) is 78.3 cm³/mol. The summed E-state index contributed by atoms with van der Waals surface area (Å²) in [6.45, 7) is 2.77. The topological polar surface area (TPSA) is 29.9 Å². The van der Waals surface area contributed by atoms with E-state index in [9.17, 15) is 13.2 Å². The number of nitrogens with zero attached hydrogens (tertiary/aromatic N) is 2. The zero-order valence-electron chi connectivity index (χ0n) is 11.4. The molecule has 0 aliphatic rings. The molecule has 0 unspecified atom stereocenters. The van der Waals surface area contributed by atoms with Gasteiger partial charge in [0.05, 0.1) is 11.9 Å². The molecule has 1 aromatic heterocycles. The highest BCUT2D eigenvalue weighted by Gasteiger charge is 2.38. The first kappa shape index (κ1) is 16.0. The molecule has 114 valence electrons. The van der Waals surface area contributed by atoms with Crippen molar-refractivity contribution in [2.45, 2.75) is 26.1 Å². The van der Waals surface area contributed by atoms with Gasteiger partial charge in [0.25, 0.3) is 0 Å². The van der Waals surface area contributed by atoms with Crippen LogP contribution < -0.4 is 5.32 Å². The molecule has 1 aromatic carbocycles. The van der Waals surface area contributed by atoms with E-state index >= 15 is 0 Å². The van der Waals surface area contributed by atoms with Crippen molar-refractivity contribution in [2.75, 3.05) is 6.54 Å². The number of rotatable bonds is 5. The summed E-state index contributed by atoms with van der Waals surface area (Å²) in [5.74, 6) is 0. The van der Waals surface area contributed by atoms with Crippen LogP contribution in [-0.4, -0.2) is 16.3 Å². The van der Waals surface area contributed by atoms with Gasteiger partial charge in [-0.2, -0.15) is 18.3 Å². The fourth-order valence-corrected chi connectivity index (χ4v) is 2.47. The number of aromatic nitrogens is 2. The van der Waals surface area contributed by atoms with Crippen molar-refractivity contribution in [1.82, 2.24) is 15.1 Å². The normalized spacial score (nSPS) is 11.9. The molecular formula is C14H15BrF3N3. The third kappa shape index (κ3) is 3.65. The fourth-order valence-electron chi connectivity index (χ4n) is 2.02. The van der Waals surface area contributed by atoms with Crippen molar-refractivity contribution in [3.8, 4) is 5.69 Å². The van der Waals surface area contributed by atoms with E-state index in [1.54, 1.807) is 24.3 Å². The van der Waals surface area contributed by atoms with Crippen LogP contribution in [0.3, 0.4) is 0 Å². The van der Waals surface area contributed by atoms with Crippen LogP contribution in [-0.2, 0) is 12.7 Å². The molecule has 0 aliphatic heterocycles. The average Bonchev–Trinajstić information content (AvgIpc) is 2.83. The summed E-state index contributed by atoms with van der Waals surface area (Å²) < 4.78 is 41.6. The Morgan fingerprint density at radius 2 is 2.00 bits per heavy atom. The highest BCUT2D eigenvalue weighted by atomic mass is 79.9. The van der Waals surface area contributed by atoms with Gasteiger partial charge < -0.3 is 5.32 Å². The Morgan fingerprint density at radius 3 is 2.62 bits per heavy atom. The van der Waals surface area contributed by atoms with E-state index in [2.05, 4.69) is 26.3 Å². The van der Waals surface area contributed by atoms with Gasteiger partial charge in [-0.3, -0.25) is 0 Å². The van der Waals surface area contributed by atoms with E-state index in [-0.39, 0.29) is 12.1 Å². The Kier molecular flexibility index (Phi) is 5.05. The highest BCUT2D eigenvalue weighted by Crippen LogP contribution is 2.35. The van der Waals surface area contributed by atoms with Crippen LogP contribution in [0, 0.1) is 0 Å². The number of halogens is 4. The molecule has 0 saturated heterocycles. The second kappa shape index (κ2) is 6.62. The third-order valence-electron chi connectivity index (χ3n) is 2.94. The summed E-state index contributed by atoms with van der Waals surface area (Å²) in [4.78, 5) is 0. The summed E-state index contributed by atoms with van der Waals surface area (Å²) in [6, 6.07) is 6.70. The lowest BCUT2D eigenvalue weighted by Crippen LogP contribution is -2.20. The number of alkyl halides is 3. The van der Waals surface area contributed by atoms with Crippen molar-refractivity contribution in [2.24, 2.45) is 0 Å². The summed E-state index contributed by atoms with van der Waals surface area (Å²) in [5.41, 5.74) is -0.226. The van der Waals surface area contributed by atoms with Crippen LogP contribution in [0.2, 0.25) is 0 Å². The largest absolute Gasteiger partial charge is 0.433 e. The van der Waals surface area contributed by atoms with E-state index in [1.165, 1.54) is 6.20 Å². The Hall–Kier alpha value is -1.34. The fraction of sp³-hybridized carbons (Fsp3) is 0.357. The van der Waals surface area contributed by atoms with E-state index in [0.717, 1.165) is 11.1 Å². The second-order valence-corrected chi connectivity index (χ2v) is 5.41. The molecule has 1 N–H and O–H groups in total. The van der Waals surface area contributed by atoms with E-state index in [4.69, 9.17) is 0 Å². The maximum absolute atomic E-state index is 13.4. The molecule has 7 heteroatoms. The Bertz CT molecular complexity index is 608. The number of para-hydroxylation sites is 1. The molecule has 0 bridgehead atoms. The number of nitrogens with one attached hydrogen (secondary N) is 1. The van der Waals surface area contributed by atoms with Crippen molar-refractivity contribution in [3.63, 3.8) is 0 Å². The molecular weight excluding hydrogens is 347 g/mol. The molecule has 1 heterocycles. The zero-order chi connectivity index (χ0) is 15.5. The predicted octanol–water partition coefficient (Wildman–Crippen LogP) is 4.15. The third-order valence-corrected chi connectivity index (χ3v) is 3.61. The SMILES string of the molecule is CCCNCc1cnn(-c2ccccc2Br)c1C(F)(F)F. The minimum atomic E-state index is -4.46. The van der Waals surface area contributed by atoms with Gasteiger partial charge >= 0.3 is 6.18 Å². The molecule has 0 saturated carbocycles. The molecule has 0 spiro atoms. The van der Waals surface area contributed by atoms with E-state index in [0.29, 0.717) is 16.7 Å². The van der Waals surface area contributed by atoms with E-state index in [1.807, 2.05) is 6.92 Å². The smallest absolute Gasteiger partial charge is 0.313 e. The van der Waals surface area contributed by atoms with E-state index < -0.39 is 11.9 Å². The van der Waals surface area contributed by atoms with Crippen LogP contribution in [0.15, 0.2) is 34.9 Å². The molecule has 3 nitrogen and oxygen atoms in total. The Morgan fingerprint density at radius 1 is 1.29 bits per heavy atom. The maximum atomic E-state index is 13.4. The minimum absolute atomic E-state index is 0.145. The lowest BCUT2D eigenvalue weighted by atomic mass is 10.2. The first-order valence-corrected chi connectivity index (χ1v) is 7.34. The molecule has 0 amide bonds. The monoisotopic (exact) mass is 361 g/mol. The van der Waals surface area contributed by atoms with Gasteiger partial charge in [0, 0.05) is 16.6 Å². The van der Waals surface area contributed by atoms with Crippen molar-refractivity contribution in [3.05, 3.63) is 46.2 Å². The number of hydrogen-bond acceptors (Lipinski definition) is 2. The lowest BCUT2D eigenvalue weighted by Gasteiger charge is -2.14. The van der Waals surface area contributed by atoms with Crippen LogP contribution in [0.1, 0.15) is 24.6 Å². The Labute approximate surface area is 129 Å². The molecule has 0 radical (unpaired) electrons. The summed E-state index contributed by atoms with van der Waals surface area (Å²) in [6.07, 6.45) is -2.33. The summed E-state index contributed by atoms with van der Waals surface area (Å²) >= 11 is 3.26. The van der Waals surface area contributed by atoms with Gasteiger partial charge in [-0.15, -0.1) is 0 Å². The van der Waals surface area contributed by atoms with Gasteiger partial charge in [0.2, 0.25) is 0 Å². The highest BCUT2D eigenvalue weighted by molar-refractivity contribution is 9.10. The molecule has 0 fully saturated rings. The number of hydrogen-bond donors (Lipinski definition) is 1. The van der Waals surface area contributed by atoms with Crippen LogP contribution in [0.4, 0.5) is 13.2 Å². The first-order chi connectivity index (χ1) is 9.95. The van der Waals surface area contributed by atoms with Gasteiger partial charge in [-0.1, -0.05) is 19.1 Å². The maximum Gasteiger partial charge on any atom is 0.433 e. The first-order valence-electron chi connectivity index (χ1n) is 6.55. The number of benzene rings is 1. The van der Waals surface area contributed by atoms with Gasteiger partial charge in [0.15, 0.2) is 5.69 Å². The molecule has 2 rings (SSSR count). The Balaban J connectivity index is 2.45. The van der Waals surface area contributed by atoms with Crippen LogP contribution in [0.25, 0.3) is 5.69 Å². The van der Waals surface area contributed by atoms with Crippen molar-refractivity contribution < 1.29 is 13.2 Å². The van der Waals surface area contributed by atoms with Crippen molar-refractivity contribution >= 4 is 15.9 Å². The van der Waals surface area contributed by atoms with Gasteiger partial charge in [-0.05, 0) is 41.0 Å². The standard InChI is InChI=1S/C14H15BrF3N3/c1-2-7-19-8-10-9-20-21(13(10)14(16,17)18)12-6-4-3-5-11(12)15/h3-6,9,19H,2,7-8H2,1H3. The van der Waals surface area contributed by atoms with Gasteiger partial charge in [0.1, 0.15) is 0 Å². The molecule has 2 aromatic rings. The quantitative estimate of drug-likeness (QED) is 0.810. The van der Waals surface area contributed by atoms with Gasteiger partial charge in [-0.25, -0.2) is 4.68 Å². The second-order valence-electron chi connectivity index (χ2n) is 4.56. The molecule has 21 heavy (non-hydrogen) atoms. The van der Waals surface area contributed by atoms with Crippen molar-refractivity contribution in [1.29, 1.82) is 0 Å². The average molecular weight is 362 g/mol. The van der Waals surface area contributed by atoms with Crippen LogP contribution >= 0.6 is 15.9 Å². The molecule has 0 aliphatic carbocycles. The lowest BCUT2D eigenvalue weighted by molar-refractivity contribution is -0.143. The van der Waals surface area contributed by atoms with Crippen LogP contribution in [0.5, 0.6) is 0 Å². The summed E-state index contributed by atoms with van der Waals surface area (Å²) in [5, 5.41) is 6.90. The minimum Gasteiger partial charge on any atom is -0.313 e.